The molecule has 0 spiro atoms. The van der Waals surface area contributed by atoms with Gasteiger partial charge in [0.05, 0.1) is 12.2 Å². The van der Waals surface area contributed by atoms with Crippen molar-refractivity contribution in [1.82, 2.24) is 14.8 Å². The standard InChI is InChI=1S/C11H14N4/c1-8-10(7-14-15(8)2)11(12)9-4-3-5-13-6-9/h3-7,11H,12H2,1-2H3. The van der Waals surface area contributed by atoms with Gasteiger partial charge in [0.2, 0.25) is 0 Å². The van der Waals surface area contributed by atoms with Crippen LogP contribution in [-0.2, 0) is 7.05 Å². The average molecular weight is 202 g/mol. The minimum atomic E-state index is -0.146. The lowest BCUT2D eigenvalue weighted by Gasteiger charge is -2.10. The summed E-state index contributed by atoms with van der Waals surface area (Å²) in [5.74, 6) is 0. The number of rotatable bonds is 2. The van der Waals surface area contributed by atoms with Gasteiger partial charge in [0, 0.05) is 30.7 Å². The molecule has 0 radical (unpaired) electrons. The first-order valence-electron chi connectivity index (χ1n) is 4.84. The maximum atomic E-state index is 6.14. The van der Waals surface area contributed by atoms with Crippen LogP contribution in [-0.4, -0.2) is 14.8 Å². The quantitative estimate of drug-likeness (QED) is 0.795. The first kappa shape index (κ1) is 9.86. The fourth-order valence-electron chi connectivity index (χ4n) is 1.56. The maximum Gasteiger partial charge on any atom is 0.0600 e. The molecule has 15 heavy (non-hydrogen) atoms. The highest BCUT2D eigenvalue weighted by Crippen LogP contribution is 2.20. The third-order valence-corrected chi connectivity index (χ3v) is 2.65. The SMILES string of the molecule is Cc1c(C(N)c2cccnc2)cnn1C. The molecule has 4 nitrogen and oxygen atoms in total. The predicted octanol–water partition coefficient (Wildman–Crippen LogP) is 1.17. The number of hydrogen-bond donors (Lipinski definition) is 1. The molecule has 2 rings (SSSR count). The van der Waals surface area contributed by atoms with Crippen molar-refractivity contribution in [2.45, 2.75) is 13.0 Å². The maximum absolute atomic E-state index is 6.14. The Bertz CT molecular complexity index is 447. The van der Waals surface area contributed by atoms with Crippen molar-refractivity contribution in [3.8, 4) is 0 Å². The van der Waals surface area contributed by atoms with Crippen LogP contribution in [0.25, 0.3) is 0 Å². The summed E-state index contributed by atoms with van der Waals surface area (Å²) in [5.41, 5.74) is 9.28. The summed E-state index contributed by atoms with van der Waals surface area (Å²) in [6.45, 7) is 2.01. The number of pyridine rings is 1. The third-order valence-electron chi connectivity index (χ3n) is 2.65. The van der Waals surface area contributed by atoms with Crippen LogP contribution in [0.5, 0.6) is 0 Å². The molecule has 0 saturated heterocycles. The Hall–Kier alpha value is -1.68. The van der Waals surface area contributed by atoms with Crippen LogP contribution < -0.4 is 5.73 Å². The molecule has 0 amide bonds. The Morgan fingerprint density at radius 1 is 1.40 bits per heavy atom. The predicted molar refractivity (Wildman–Crippen MR) is 58.2 cm³/mol. The lowest BCUT2D eigenvalue weighted by atomic mass is 10.0. The van der Waals surface area contributed by atoms with Gasteiger partial charge in [-0.1, -0.05) is 6.07 Å². The zero-order valence-corrected chi connectivity index (χ0v) is 8.88. The third kappa shape index (κ3) is 1.76. The second-order valence-electron chi connectivity index (χ2n) is 3.57. The molecule has 0 saturated carbocycles. The first-order chi connectivity index (χ1) is 7.20. The number of nitrogens with zero attached hydrogens (tertiary/aromatic N) is 3. The van der Waals surface area contributed by atoms with E-state index in [0.29, 0.717) is 0 Å². The summed E-state index contributed by atoms with van der Waals surface area (Å²) in [6, 6.07) is 3.72. The largest absolute Gasteiger partial charge is 0.320 e. The lowest BCUT2D eigenvalue weighted by molar-refractivity contribution is 0.733. The van der Waals surface area contributed by atoms with E-state index < -0.39 is 0 Å². The molecule has 78 valence electrons. The van der Waals surface area contributed by atoms with Gasteiger partial charge in [-0.2, -0.15) is 5.10 Å². The first-order valence-corrected chi connectivity index (χ1v) is 4.84. The number of nitrogens with two attached hydrogens (primary N) is 1. The van der Waals surface area contributed by atoms with Crippen molar-refractivity contribution in [1.29, 1.82) is 0 Å². The van der Waals surface area contributed by atoms with E-state index in [4.69, 9.17) is 5.73 Å². The summed E-state index contributed by atoms with van der Waals surface area (Å²) in [6.07, 6.45) is 5.34. The van der Waals surface area contributed by atoms with E-state index in [1.807, 2.05) is 37.0 Å². The van der Waals surface area contributed by atoms with Gasteiger partial charge in [-0.15, -0.1) is 0 Å². The van der Waals surface area contributed by atoms with Crippen LogP contribution in [0.2, 0.25) is 0 Å². The van der Waals surface area contributed by atoms with Crippen LogP contribution in [0.15, 0.2) is 30.7 Å². The highest BCUT2D eigenvalue weighted by atomic mass is 15.3. The summed E-state index contributed by atoms with van der Waals surface area (Å²) in [4.78, 5) is 4.06. The van der Waals surface area contributed by atoms with E-state index in [0.717, 1.165) is 16.8 Å². The van der Waals surface area contributed by atoms with Gasteiger partial charge in [-0.3, -0.25) is 9.67 Å². The smallest absolute Gasteiger partial charge is 0.0600 e. The molecule has 0 fully saturated rings. The van der Waals surface area contributed by atoms with E-state index in [1.54, 1.807) is 12.4 Å². The fourth-order valence-corrected chi connectivity index (χ4v) is 1.56. The van der Waals surface area contributed by atoms with Crippen molar-refractivity contribution >= 4 is 0 Å². The second kappa shape index (κ2) is 3.82. The zero-order chi connectivity index (χ0) is 10.8. The van der Waals surface area contributed by atoms with E-state index in [2.05, 4.69) is 10.1 Å². The highest BCUT2D eigenvalue weighted by molar-refractivity contribution is 5.30. The molecular weight excluding hydrogens is 188 g/mol. The van der Waals surface area contributed by atoms with Crippen molar-refractivity contribution in [2.24, 2.45) is 12.8 Å². The van der Waals surface area contributed by atoms with Gasteiger partial charge >= 0.3 is 0 Å². The monoisotopic (exact) mass is 202 g/mol. The molecule has 4 heteroatoms. The van der Waals surface area contributed by atoms with Crippen LogP contribution in [0.3, 0.4) is 0 Å². The molecule has 2 heterocycles. The van der Waals surface area contributed by atoms with Gasteiger partial charge in [0.1, 0.15) is 0 Å². The molecule has 1 atom stereocenters. The molecule has 0 bridgehead atoms. The number of aryl methyl sites for hydroxylation is 1. The van der Waals surface area contributed by atoms with Gasteiger partial charge in [-0.05, 0) is 18.6 Å². The van der Waals surface area contributed by atoms with E-state index in [9.17, 15) is 0 Å². The van der Waals surface area contributed by atoms with Gasteiger partial charge in [0.25, 0.3) is 0 Å². The van der Waals surface area contributed by atoms with Crippen LogP contribution >= 0.6 is 0 Å². The van der Waals surface area contributed by atoms with Gasteiger partial charge in [-0.25, -0.2) is 0 Å². The molecule has 0 aliphatic rings. The van der Waals surface area contributed by atoms with E-state index in [-0.39, 0.29) is 6.04 Å². The molecule has 0 aliphatic carbocycles. The topological polar surface area (TPSA) is 56.7 Å². The number of aromatic nitrogens is 3. The Morgan fingerprint density at radius 2 is 2.20 bits per heavy atom. The Kier molecular flexibility index (Phi) is 2.51. The van der Waals surface area contributed by atoms with E-state index >= 15 is 0 Å². The molecule has 2 N–H and O–H groups in total. The zero-order valence-electron chi connectivity index (χ0n) is 8.88. The average Bonchev–Trinajstić information content (AvgIpc) is 2.60. The lowest BCUT2D eigenvalue weighted by Crippen LogP contribution is -2.12. The number of hydrogen-bond acceptors (Lipinski definition) is 3. The normalized spacial score (nSPS) is 12.7. The van der Waals surface area contributed by atoms with Crippen molar-refractivity contribution in [3.05, 3.63) is 47.5 Å². The molecule has 2 aromatic heterocycles. The molecule has 0 aromatic carbocycles. The Labute approximate surface area is 88.8 Å². The molecule has 1 unspecified atom stereocenters. The summed E-state index contributed by atoms with van der Waals surface area (Å²) < 4.78 is 1.82. The van der Waals surface area contributed by atoms with Crippen molar-refractivity contribution in [3.63, 3.8) is 0 Å². The van der Waals surface area contributed by atoms with Crippen LogP contribution in [0.1, 0.15) is 22.9 Å². The Morgan fingerprint density at radius 3 is 2.73 bits per heavy atom. The Balaban J connectivity index is 2.37. The highest BCUT2D eigenvalue weighted by Gasteiger charge is 2.14. The minimum Gasteiger partial charge on any atom is -0.320 e. The fraction of sp³-hybridized carbons (Fsp3) is 0.273. The minimum absolute atomic E-state index is 0.146. The van der Waals surface area contributed by atoms with Crippen molar-refractivity contribution in [2.75, 3.05) is 0 Å². The van der Waals surface area contributed by atoms with Crippen LogP contribution in [0, 0.1) is 6.92 Å². The summed E-state index contributed by atoms with van der Waals surface area (Å²) in [5, 5.41) is 4.18. The van der Waals surface area contributed by atoms with Crippen molar-refractivity contribution < 1.29 is 0 Å². The molecule has 0 aliphatic heterocycles. The summed E-state index contributed by atoms with van der Waals surface area (Å²) >= 11 is 0. The molecular formula is C11H14N4. The van der Waals surface area contributed by atoms with E-state index in [1.165, 1.54) is 0 Å². The summed E-state index contributed by atoms with van der Waals surface area (Å²) in [7, 11) is 1.91. The molecule has 2 aromatic rings. The van der Waals surface area contributed by atoms with Gasteiger partial charge < -0.3 is 5.73 Å². The van der Waals surface area contributed by atoms with Gasteiger partial charge in [0.15, 0.2) is 0 Å². The second-order valence-corrected chi connectivity index (χ2v) is 3.57. The van der Waals surface area contributed by atoms with Crippen LogP contribution in [0.4, 0.5) is 0 Å².